The number of nitro benzene ring substituents is 1. The predicted molar refractivity (Wildman–Crippen MR) is 75.4 cm³/mol. The quantitative estimate of drug-likeness (QED) is 0.600. The van der Waals surface area contributed by atoms with Gasteiger partial charge in [-0.1, -0.05) is 0 Å². The molecule has 0 atom stereocenters. The van der Waals surface area contributed by atoms with Crippen molar-refractivity contribution >= 4 is 33.4 Å². The minimum Gasteiger partial charge on any atom is -0.443 e. The van der Waals surface area contributed by atoms with Gasteiger partial charge in [-0.2, -0.15) is 0 Å². The van der Waals surface area contributed by atoms with Crippen LogP contribution in [0.3, 0.4) is 0 Å². The fraction of sp³-hybridized carbons (Fsp3) is 0.417. The van der Waals surface area contributed by atoms with Crippen LogP contribution in [0.15, 0.2) is 16.6 Å². The number of carbonyl (C=O) groups is 1. The van der Waals surface area contributed by atoms with E-state index in [0.29, 0.717) is 0 Å². The lowest BCUT2D eigenvalue weighted by Crippen LogP contribution is -2.34. The Labute approximate surface area is 123 Å². The van der Waals surface area contributed by atoms with E-state index in [1.807, 2.05) is 0 Å². The molecule has 6 nitrogen and oxygen atoms in total. The van der Waals surface area contributed by atoms with Crippen molar-refractivity contribution < 1.29 is 18.8 Å². The number of hydrogen-bond acceptors (Lipinski definition) is 4. The van der Waals surface area contributed by atoms with Crippen molar-refractivity contribution in [2.45, 2.75) is 26.4 Å². The van der Waals surface area contributed by atoms with Crippen molar-refractivity contribution in [2.75, 3.05) is 11.9 Å². The molecule has 0 saturated carbocycles. The summed E-state index contributed by atoms with van der Waals surface area (Å²) in [6.45, 7) is 4.98. The maximum Gasteiger partial charge on any atom is 0.414 e. The van der Waals surface area contributed by atoms with Gasteiger partial charge in [0.25, 0.3) is 0 Å². The van der Waals surface area contributed by atoms with Crippen LogP contribution in [0.2, 0.25) is 0 Å². The number of amides is 1. The van der Waals surface area contributed by atoms with Gasteiger partial charge in [0, 0.05) is 13.1 Å². The van der Waals surface area contributed by atoms with E-state index in [1.54, 1.807) is 20.8 Å². The first-order chi connectivity index (χ1) is 9.03. The molecule has 0 aromatic heterocycles. The highest BCUT2D eigenvalue weighted by Crippen LogP contribution is 2.36. The van der Waals surface area contributed by atoms with Crippen LogP contribution in [0.25, 0.3) is 0 Å². The molecule has 1 rings (SSSR count). The zero-order valence-electron chi connectivity index (χ0n) is 11.4. The van der Waals surface area contributed by atoms with E-state index in [4.69, 9.17) is 4.74 Å². The summed E-state index contributed by atoms with van der Waals surface area (Å²) in [5, 5.41) is 11.0. The Morgan fingerprint density at radius 2 is 2.00 bits per heavy atom. The second-order valence-electron chi connectivity index (χ2n) is 5.05. The number of carbonyl (C=O) groups excluding carboxylic acids is 1. The van der Waals surface area contributed by atoms with Crippen molar-refractivity contribution in [3.05, 3.63) is 32.5 Å². The zero-order valence-corrected chi connectivity index (χ0v) is 13.0. The molecule has 110 valence electrons. The number of anilines is 1. The molecular weight excluding hydrogens is 335 g/mol. The van der Waals surface area contributed by atoms with Gasteiger partial charge in [0.1, 0.15) is 21.6 Å². The Morgan fingerprint density at radius 3 is 2.45 bits per heavy atom. The van der Waals surface area contributed by atoms with E-state index in [1.165, 1.54) is 7.05 Å². The Morgan fingerprint density at radius 1 is 1.45 bits per heavy atom. The molecule has 0 unspecified atom stereocenters. The second-order valence-corrected chi connectivity index (χ2v) is 5.91. The van der Waals surface area contributed by atoms with Crippen molar-refractivity contribution in [3.8, 4) is 0 Å². The fourth-order valence-corrected chi connectivity index (χ4v) is 1.98. The monoisotopic (exact) mass is 348 g/mol. The molecule has 0 aliphatic carbocycles. The number of halogens is 2. The van der Waals surface area contributed by atoms with Crippen molar-refractivity contribution in [3.63, 3.8) is 0 Å². The summed E-state index contributed by atoms with van der Waals surface area (Å²) in [6.07, 6.45) is -0.807. The Kier molecular flexibility index (Phi) is 4.69. The molecule has 20 heavy (non-hydrogen) atoms. The first-order valence-corrected chi connectivity index (χ1v) is 6.42. The van der Waals surface area contributed by atoms with Crippen molar-refractivity contribution in [2.24, 2.45) is 0 Å². The molecule has 1 aromatic rings. The maximum atomic E-state index is 13.4. The van der Waals surface area contributed by atoms with Gasteiger partial charge in [-0.05, 0) is 42.8 Å². The molecule has 0 bridgehead atoms. The van der Waals surface area contributed by atoms with Gasteiger partial charge in [0.15, 0.2) is 0 Å². The van der Waals surface area contributed by atoms with E-state index in [0.717, 1.165) is 17.0 Å². The van der Waals surface area contributed by atoms with E-state index in [9.17, 15) is 19.3 Å². The molecule has 8 heteroatoms. The first-order valence-electron chi connectivity index (χ1n) is 5.63. The van der Waals surface area contributed by atoms with Crippen LogP contribution in [0.1, 0.15) is 20.8 Å². The molecule has 0 aliphatic rings. The Balaban J connectivity index is 3.25. The largest absolute Gasteiger partial charge is 0.443 e. The van der Waals surface area contributed by atoms with E-state index >= 15 is 0 Å². The van der Waals surface area contributed by atoms with Crippen molar-refractivity contribution in [1.82, 2.24) is 0 Å². The normalized spacial score (nSPS) is 11.1. The molecule has 1 aromatic carbocycles. The second kappa shape index (κ2) is 5.74. The molecule has 0 radical (unpaired) electrons. The number of nitrogens with zero attached hydrogens (tertiary/aromatic N) is 2. The van der Waals surface area contributed by atoms with Gasteiger partial charge in [-0.25, -0.2) is 9.18 Å². The third-order valence-corrected chi connectivity index (χ3v) is 2.82. The number of ether oxygens (including phenoxy) is 1. The highest BCUT2D eigenvalue weighted by molar-refractivity contribution is 9.10. The van der Waals surface area contributed by atoms with Gasteiger partial charge in [0.2, 0.25) is 0 Å². The third-order valence-electron chi connectivity index (χ3n) is 2.22. The summed E-state index contributed by atoms with van der Waals surface area (Å²) in [6, 6.07) is 1.87. The lowest BCUT2D eigenvalue weighted by Gasteiger charge is -2.24. The highest BCUT2D eigenvalue weighted by Gasteiger charge is 2.28. The van der Waals surface area contributed by atoms with Gasteiger partial charge >= 0.3 is 11.8 Å². The smallest absolute Gasteiger partial charge is 0.414 e. The summed E-state index contributed by atoms with van der Waals surface area (Å²) >= 11 is 2.92. The lowest BCUT2D eigenvalue weighted by molar-refractivity contribution is -0.384. The molecule has 0 aliphatic heterocycles. The standard InChI is InChI=1S/C12H14BrFN2O4/c1-12(2,3)20-11(17)15(4)9-6-7(14)5-8(13)10(9)16(18)19/h5-6H,1-4H3. The third kappa shape index (κ3) is 3.89. The molecular formula is C12H14BrFN2O4. The number of rotatable bonds is 2. The first kappa shape index (κ1) is 16.4. The molecule has 1 amide bonds. The minimum atomic E-state index is -0.807. The summed E-state index contributed by atoms with van der Waals surface area (Å²) in [5.41, 5.74) is -1.35. The summed E-state index contributed by atoms with van der Waals surface area (Å²) in [7, 11) is 1.28. The van der Waals surface area contributed by atoms with Crippen LogP contribution in [0.5, 0.6) is 0 Å². The van der Waals surface area contributed by atoms with Crippen LogP contribution in [-0.2, 0) is 4.74 Å². The van der Waals surface area contributed by atoms with E-state index < -0.39 is 28.1 Å². The van der Waals surface area contributed by atoms with Gasteiger partial charge < -0.3 is 4.74 Å². The SMILES string of the molecule is CN(C(=O)OC(C)(C)C)c1cc(F)cc(Br)c1[N+](=O)[O-]. The van der Waals surface area contributed by atoms with Crippen LogP contribution in [0.4, 0.5) is 20.6 Å². The van der Waals surface area contributed by atoms with Gasteiger partial charge in [0.05, 0.1) is 4.92 Å². The summed E-state index contributed by atoms with van der Waals surface area (Å²) < 4.78 is 18.4. The van der Waals surface area contributed by atoms with Crippen LogP contribution in [0, 0.1) is 15.9 Å². The van der Waals surface area contributed by atoms with Crippen LogP contribution >= 0.6 is 15.9 Å². The molecule has 0 N–H and O–H groups in total. The Hall–Kier alpha value is -1.70. The number of nitro groups is 1. The molecule has 0 fully saturated rings. The highest BCUT2D eigenvalue weighted by atomic mass is 79.9. The minimum absolute atomic E-state index is 0.0482. The van der Waals surface area contributed by atoms with E-state index in [-0.39, 0.29) is 10.2 Å². The molecule has 0 heterocycles. The fourth-order valence-electron chi connectivity index (χ4n) is 1.42. The van der Waals surface area contributed by atoms with E-state index in [2.05, 4.69) is 15.9 Å². The van der Waals surface area contributed by atoms with Crippen molar-refractivity contribution in [1.29, 1.82) is 0 Å². The maximum absolute atomic E-state index is 13.4. The number of hydrogen-bond donors (Lipinski definition) is 0. The Bertz CT molecular complexity index is 557. The molecule has 0 saturated heterocycles. The van der Waals surface area contributed by atoms with Crippen LogP contribution in [-0.4, -0.2) is 23.7 Å². The summed E-state index contributed by atoms with van der Waals surface area (Å²) in [5.74, 6) is -0.701. The average molecular weight is 349 g/mol. The predicted octanol–water partition coefficient (Wildman–Crippen LogP) is 3.87. The number of benzene rings is 1. The van der Waals surface area contributed by atoms with Gasteiger partial charge in [-0.3, -0.25) is 15.0 Å². The topological polar surface area (TPSA) is 72.7 Å². The lowest BCUT2D eigenvalue weighted by atomic mass is 10.2. The van der Waals surface area contributed by atoms with Gasteiger partial charge in [-0.15, -0.1) is 0 Å². The molecule has 0 spiro atoms. The van der Waals surface area contributed by atoms with Crippen LogP contribution < -0.4 is 4.90 Å². The average Bonchev–Trinajstić information content (AvgIpc) is 2.23. The zero-order chi connectivity index (χ0) is 15.7. The summed E-state index contributed by atoms with van der Waals surface area (Å²) in [4.78, 5) is 23.1.